The lowest BCUT2D eigenvalue weighted by molar-refractivity contribution is -0.122. The third kappa shape index (κ3) is 6.18. The number of benzene rings is 1. The molecule has 1 amide bonds. The summed E-state index contributed by atoms with van der Waals surface area (Å²) in [5.41, 5.74) is 1.20. The van der Waals surface area contributed by atoms with Crippen LogP contribution in [0.5, 0.6) is 0 Å². The number of amides is 1. The Morgan fingerprint density at radius 3 is 2.68 bits per heavy atom. The van der Waals surface area contributed by atoms with Crippen LogP contribution in [0.2, 0.25) is 0 Å². The van der Waals surface area contributed by atoms with Gasteiger partial charge in [-0.3, -0.25) is 4.79 Å². The molecule has 1 saturated carbocycles. The summed E-state index contributed by atoms with van der Waals surface area (Å²) in [7, 11) is 0. The Morgan fingerprint density at radius 1 is 1.23 bits per heavy atom. The summed E-state index contributed by atoms with van der Waals surface area (Å²) in [6.45, 7) is 3.46. The quantitative estimate of drug-likeness (QED) is 0.729. The molecule has 0 radical (unpaired) electrons. The molecule has 2 rings (SSSR count). The maximum atomic E-state index is 11.9. The molecule has 1 aliphatic carbocycles. The molecule has 0 bridgehead atoms. The van der Waals surface area contributed by atoms with Gasteiger partial charge in [0.25, 0.3) is 0 Å². The largest absolute Gasteiger partial charge is 0.374 e. The minimum Gasteiger partial charge on any atom is -0.374 e. The van der Waals surface area contributed by atoms with E-state index in [2.05, 4.69) is 24.4 Å². The molecular weight excluding hydrogens is 274 g/mol. The molecule has 0 heterocycles. The third-order valence-corrected chi connectivity index (χ3v) is 4.48. The van der Waals surface area contributed by atoms with E-state index < -0.39 is 0 Å². The number of rotatable bonds is 8. The minimum atomic E-state index is 0.110. The highest BCUT2D eigenvalue weighted by atomic mass is 16.5. The van der Waals surface area contributed by atoms with Crippen molar-refractivity contribution < 1.29 is 9.53 Å². The molecule has 1 aromatic rings. The third-order valence-electron chi connectivity index (χ3n) is 4.48. The number of hydrogen-bond donors (Lipinski definition) is 1. The average molecular weight is 303 g/mol. The zero-order chi connectivity index (χ0) is 15.6. The van der Waals surface area contributed by atoms with Gasteiger partial charge in [0.15, 0.2) is 0 Å². The van der Waals surface area contributed by atoms with Crippen molar-refractivity contribution in [1.29, 1.82) is 0 Å². The first-order valence-corrected chi connectivity index (χ1v) is 8.69. The fourth-order valence-corrected chi connectivity index (χ4v) is 3.11. The molecule has 1 aliphatic rings. The molecule has 3 heteroatoms. The highest BCUT2D eigenvalue weighted by Gasteiger charge is 2.16. The van der Waals surface area contributed by atoms with E-state index in [9.17, 15) is 4.79 Å². The number of carbonyl (C=O) groups excluding carboxylic acids is 1. The van der Waals surface area contributed by atoms with Crippen molar-refractivity contribution >= 4 is 5.91 Å². The van der Waals surface area contributed by atoms with Crippen LogP contribution in [0.1, 0.15) is 63.5 Å². The summed E-state index contributed by atoms with van der Waals surface area (Å²) in [5.74, 6) is 0.825. The second-order valence-corrected chi connectivity index (χ2v) is 6.34. The Balaban J connectivity index is 1.52. The fourth-order valence-electron chi connectivity index (χ4n) is 3.11. The van der Waals surface area contributed by atoms with Crippen LogP contribution in [0.4, 0.5) is 0 Å². The van der Waals surface area contributed by atoms with E-state index in [0.717, 1.165) is 6.42 Å². The molecule has 0 aromatic heterocycles. The lowest BCUT2D eigenvalue weighted by Crippen LogP contribution is -2.27. The van der Waals surface area contributed by atoms with Crippen LogP contribution >= 0.6 is 0 Å². The molecule has 1 fully saturated rings. The predicted molar refractivity (Wildman–Crippen MR) is 89.6 cm³/mol. The van der Waals surface area contributed by atoms with E-state index in [-0.39, 0.29) is 12.0 Å². The van der Waals surface area contributed by atoms with Crippen molar-refractivity contribution in [3.05, 3.63) is 35.9 Å². The van der Waals surface area contributed by atoms with E-state index in [4.69, 9.17) is 4.74 Å². The van der Waals surface area contributed by atoms with E-state index in [0.29, 0.717) is 25.5 Å². The first-order chi connectivity index (χ1) is 10.8. The van der Waals surface area contributed by atoms with Crippen molar-refractivity contribution in [1.82, 2.24) is 5.32 Å². The van der Waals surface area contributed by atoms with E-state index >= 15 is 0 Å². The van der Waals surface area contributed by atoms with Gasteiger partial charge in [0.1, 0.15) is 0 Å². The van der Waals surface area contributed by atoms with Gasteiger partial charge < -0.3 is 10.1 Å². The summed E-state index contributed by atoms with van der Waals surface area (Å²) >= 11 is 0. The zero-order valence-corrected chi connectivity index (χ0v) is 13.7. The van der Waals surface area contributed by atoms with Crippen molar-refractivity contribution in [3.63, 3.8) is 0 Å². The number of ether oxygens (including phenoxy) is 1. The van der Waals surface area contributed by atoms with Gasteiger partial charge in [-0.15, -0.1) is 0 Å². The molecule has 0 spiro atoms. The van der Waals surface area contributed by atoms with Crippen LogP contribution in [0, 0.1) is 5.92 Å². The summed E-state index contributed by atoms with van der Waals surface area (Å²) < 4.78 is 5.81. The highest BCUT2D eigenvalue weighted by Crippen LogP contribution is 2.26. The SMILES string of the molecule is CC(OCCCNC(=O)CC1CCCCC1)c1ccccc1. The Labute approximate surface area is 134 Å². The van der Waals surface area contributed by atoms with Gasteiger partial charge in [-0.25, -0.2) is 0 Å². The number of nitrogens with one attached hydrogen (secondary N) is 1. The van der Waals surface area contributed by atoms with Crippen molar-refractivity contribution in [2.24, 2.45) is 5.92 Å². The molecule has 22 heavy (non-hydrogen) atoms. The van der Waals surface area contributed by atoms with Gasteiger partial charge in [0.05, 0.1) is 6.10 Å². The molecule has 1 atom stereocenters. The summed E-state index contributed by atoms with van der Waals surface area (Å²) in [6.07, 6.45) is 8.08. The molecule has 1 aromatic carbocycles. The van der Waals surface area contributed by atoms with Gasteiger partial charge in [-0.1, -0.05) is 49.6 Å². The molecule has 1 unspecified atom stereocenters. The van der Waals surface area contributed by atoms with Gasteiger partial charge in [0, 0.05) is 19.6 Å². The van der Waals surface area contributed by atoms with Crippen molar-refractivity contribution in [2.75, 3.05) is 13.2 Å². The van der Waals surface area contributed by atoms with E-state index in [1.54, 1.807) is 0 Å². The highest BCUT2D eigenvalue weighted by molar-refractivity contribution is 5.76. The average Bonchev–Trinajstić information content (AvgIpc) is 2.56. The van der Waals surface area contributed by atoms with E-state index in [1.165, 1.54) is 37.7 Å². The number of carbonyl (C=O) groups is 1. The molecule has 0 aliphatic heterocycles. The van der Waals surface area contributed by atoms with Crippen molar-refractivity contribution in [3.8, 4) is 0 Å². The zero-order valence-electron chi connectivity index (χ0n) is 13.7. The molecule has 3 nitrogen and oxygen atoms in total. The summed E-state index contributed by atoms with van der Waals surface area (Å²) in [6, 6.07) is 10.2. The topological polar surface area (TPSA) is 38.3 Å². The standard InChI is InChI=1S/C19H29NO2/c1-16(18-11-6-3-7-12-18)22-14-8-13-20-19(21)15-17-9-4-2-5-10-17/h3,6-7,11-12,16-17H,2,4-5,8-10,13-15H2,1H3,(H,20,21). The van der Waals surface area contributed by atoms with Gasteiger partial charge in [0.2, 0.25) is 5.91 Å². The maximum Gasteiger partial charge on any atom is 0.220 e. The lowest BCUT2D eigenvalue weighted by Gasteiger charge is -2.20. The summed E-state index contributed by atoms with van der Waals surface area (Å²) in [5, 5.41) is 3.02. The van der Waals surface area contributed by atoms with Crippen LogP contribution < -0.4 is 5.32 Å². The van der Waals surface area contributed by atoms with Gasteiger partial charge >= 0.3 is 0 Å². The summed E-state index contributed by atoms with van der Waals surface area (Å²) in [4.78, 5) is 11.9. The monoisotopic (exact) mass is 303 g/mol. The normalized spacial score (nSPS) is 17.1. The van der Waals surface area contributed by atoms with Crippen LogP contribution in [0.15, 0.2) is 30.3 Å². The van der Waals surface area contributed by atoms with Crippen LogP contribution in [0.3, 0.4) is 0 Å². The van der Waals surface area contributed by atoms with Crippen LogP contribution in [0.25, 0.3) is 0 Å². The van der Waals surface area contributed by atoms with Gasteiger partial charge in [-0.05, 0) is 37.7 Å². The van der Waals surface area contributed by atoms with Crippen molar-refractivity contribution in [2.45, 2.75) is 58.0 Å². The van der Waals surface area contributed by atoms with Crippen LogP contribution in [-0.4, -0.2) is 19.1 Å². The Hall–Kier alpha value is -1.35. The Morgan fingerprint density at radius 2 is 1.95 bits per heavy atom. The Kier molecular flexibility index (Phi) is 7.44. The second-order valence-electron chi connectivity index (χ2n) is 6.34. The number of hydrogen-bond acceptors (Lipinski definition) is 2. The predicted octanol–water partition coefficient (Wildman–Crippen LogP) is 4.24. The first-order valence-electron chi connectivity index (χ1n) is 8.69. The maximum absolute atomic E-state index is 11.9. The second kappa shape index (κ2) is 9.62. The fraction of sp³-hybridized carbons (Fsp3) is 0.632. The Bertz CT molecular complexity index is 426. The van der Waals surface area contributed by atoms with E-state index in [1.807, 2.05) is 18.2 Å². The molecule has 0 saturated heterocycles. The molecule has 1 N–H and O–H groups in total. The smallest absolute Gasteiger partial charge is 0.220 e. The van der Waals surface area contributed by atoms with Crippen LogP contribution in [-0.2, 0) is 9.53 Å². The lowest BCUT2D eigenvalue weighted by atomic mass is 9.87. The minimum absolute atomic E-state index is 0.110. The molecule has 122 valence electrons. The van der Waals surface area contributed by atoms with Gasteiger partial charge in [-0.2, -0.15) is 0 Å². The first kappa shape index (κ1) is 17.0. The molecular formula is C19H29NO2.